The van der Waals surface area contributed by atoms with Crippen LogP contribution in [0.25, 0.3) is 0 Å². The average molecular weight is 327 g/mol. The number of carbonyl (C=O) groups excluding carboxylic acids is 1. The number of rotatable bonds is 5. The van der Waals surface area contributed by atoms with Crippen LogP contribution in [-0.2, 0) is 11.3 Å². The predicted octanol–water partition coefficient (Wildman–Crippen LogP) is 3.75. The van der Waals surface area contributed by atoms with Gasteiger partial charge in [-0.3, -0.25) is 9.69 Å². The van der Waals surface area contributed by atoms with Crippen molar-refractivity contribution in [1.82, 2.24) is 10.2 Å². The van der Waals surface area contributed by atoms with E-state index in [1.807, 2.05) is 18.9 Å². The van der Waals surface area contributed by atoms with E-state index in [0.29, 0.717) is 17.1 Å². The Morgan fingerprint density at radius 3 is 2.73 bits per heavy atom. The lowest BCUT2D eigenvalue weighted by atomic mass is 9.95. The summed E-state index contributed by atoms with van der Waals surface area (Å²) in [5, 5.41) is 3.50. The molecule has 0 aromatic heterocycles. The molecule has 1 fully saturated rings. The van der Waals surface area contributed by atoms with Gasteiger partial charge in [0.1, 0.15) is 5.82 Å². The van der Waals surface area contributed by atoms with Gasteiger partial charge in [-0.15, -0.1) is 0 Å². The number of amides is 1. The highest BCUT2D eigenvalue weighted by molar-refractivity contribution is 6.31. The molecule has 1 atom stereocenters. The van der Waals surface area contributed by atoms with Crippen LogP contribution in [0.3, 0.4) is 0 Å². The number of hydrogen-bond donors (Lipinski definition) is 1. The second kappa shape index (κ2) is 7.93. The van der Waals surface area contributed by atoms with E-state index >= 15 is 0 Å². The van der Waals surface area contributed by atoms with Gasteiger partial charge in [0.2, 0.25) is 5.91 Å². The van der Waals surface area contributed by atoms with E-state index in [2.05, 4.69) is 5.32 Å². The Kier molecular flexibility index (Phi) is 6.21. The van der Waals surface area contributed by atoms with Crippen molar-refractivity contribution >= 4 is 17.5 Å². The zero-order valence-corrected chi connectivity index (χ0v) is 14.0. The molecule has 0 spiro atoms. The first-order valence-electron chi connectivity index (χ1n) is 7.92. The van der Waals surface area contributed by atoms with Gasteiger partial charge < -0.3 is 5.32 Å². The molecule has 122 valence electrons. The normalized spacial score (nSPS) is 17.5. The van der Waals surface area contributed by atoms with Gasteiger partial charge in [0.05, 0.1) is 6.04 Å². The van der Waals surface area contributed by atoms with Crippen molar-refractivity contribution in [2.75, 3.05) is 7.05 Å². The lowest BCUT2D eigenvalue weighted by molar-refractivity contribution is -0.126. The Bertz CT molecular complexity index is 497. The summed E-state index contributed by atoms with van der Waals surface area (Å²) in [5.41, 5.74) is 0.434. The monoisotopic (exact) mass is 326 g/mol. The van der Waals surface area contributed by atoms with E-state index in [1.165, 1.54) is 25.3 Å². The molecule has 1 aliphatic carbocycles. The lowest BCUT2D eigenvalue weighted by Crippen LogP contribution is -2.47. The van der Waals surface area contributed by atoms with Crippen molar-refractivity contribution in [3.05, 3.63) is 34.6 Å². The Hall–Kier alpha value is -1.13. The van der Waals surface area contributed by atoms with E-state index < -0.39 is 0 Å². The van der Waals surface area contributed by atoms with Gasteiger partial charge in [0.25, 0.3) is 0 Å². The molecule has 5 heteroatoms. The summed E-state index contributed by atoms with van der Waals surface area (Å²) in [6.45, 7) is 2.15. The summed E-state index contributed by atoms with van der Waals surface area (Å²) in [6.07, 6.45) is 5.73. The quantitative estimate of drug-likeness (QED) is 0.893. The van der Waals surface area contributed by atoms with Crippen LogP contribution in [0.1, 0.15) is 44.6 Å². The maximum Gasteiger partial charge on any atom is 0.237 e. The fourth-order valence-electron chi connectivity index (χ4n) is 2.84. The smallest absolute Gasteiger partial charge is 0.237 e. The number of hydrogen-bond acceptors (Lipinski definition) is 2. The Labute approximate surface area is 136 Å². The highest BCUT2D eigenvalue weighted by atomic mass is 35.5. The fraction of sp³-hybridized carbons (Fsp3) is 0.588. The minimum atomic E-state index is -0.334. The first-order chi connectivity index (χ1) is 10.5. The van der Waals surface area contributed by atoms with E-state index in [0.717, 1.165) is 12.8 Å². The Balaban J connectivity index is 1.93. The van der Waals surface area contributed by atoms with Gasteiger partial charge in [-0.1, -0.05) is 36.9 Å². The molecule has 1 saturated carbocycles. The fourth-order valence-corrected chi connectivity index (χ4v) is 3.06. The molecule has 1 aromatic rings. The zero-order valence-electron chi connectivity index (χ0n) is 13.2. The molecule has 2 rings (SSSR count). The van der Waals surface area contributed by atoms with Crippen molar-refractivity contribution in [3.8, 4) is 0 Å². The molecule has 1 amide bonds. The summed E-state index contributed by atoms with van der Waals surface area (Å²) >= 11 is 6.05. The zero-order chi connectivity index (χ0) is 16.1. The van der Waals surface area contributed by atoms with Crippen LogP contribution in [0, 0.1) is 5.82 Å². The van der Waals surface area contributed by atoms with Crippen LogP contribution in [0.4, 0.5) is 4.39 Å². The SMILES string of the molecule is C[C@@H](C(=O)NC1CCCCC1)N(C)Cc1c(F)cccc1Cl. The highest BCUT2D eigenvalue weighted by Crippen LogP contribution is 2.21. The number of nitrogens with one attached hydrogen (secondary N) is 1. The van der Waals surface area contributed by atoms with Crippen molar-refractivity contribution in [2.24, 2.45) is 0 Å². The summed E-state index contributed by atoms with van der Waals surface area (Å²) in [7, 11) is 1.81. The van der Waals surface area contributed by atoms with Crippen LogP contribution < -0.4 is 5.32 Å². The average Bonchev–Trinajstić information content (AvgIpc) is 2.51. The molecule has 0 heterocycles. The third kappa shape index (κ3) is 4.43. The van der Waals surface area contributed by atoms with Crippen LogP contribution in [0.5, 0.6) is 0 Å². The van der Waals surface area contributed by atoms with E-state index in [4.69, 9.17) is 11.6 Å². The topological polar surface area (TPSA) is 32.3 Å². The third-order valence-corrected chi connectivity index (χ3v) is 4.82. The van der Waals surface area contributed by atoms with Crippen LogP contribution >= 0.6 is 11.6 Å². The Morgan fingerprint density at radius 1 is 1.41 bits per heavy atom. The van der Waals surface area contributed by atoms with E-state index in [9.17, 15) is 9.18 Å². The molecule has 1 aliphatic rings. The minimum Gasteiger partial charge on any atom is -0.352 e. The van der Waals surface area contributed by atoms with Crippen LogP contribution in [0.2, 0.25) is 5.02 Å². The molecule has 1 N–H and O–H groups in total. The van der Waals surface area contributed by atoms with Gasteiger partial charge in [-0.2, -0.15) is 0 Å². The number of benzene rings is 1. The first kappa shape index (κ1) is 17.2. The standard InChI is InChI=1S/C17H24ClFN2O/c1-12(17(22)20-13-7-4-3-5-8-13)21(2)11-14-15(18)9-6-10-16(14)19/h6,9-10,12-13H,3-5,7-8,11H2,1-2H3,(H,20,22)/t12-/m0/s1. The summed E-state index contributed by atoms with van der Waals surface area (Å²) < 4.78 is 13.8. The van der Waals surface area contributed by atoms with E-state index in [1.54, 1.807) is 12.1 Å². The van der Waals surface area contributed by atoms with Crippen molar-refractivity contribution in [1.29, 1.82) is 0 Å². The number of likely N-dealkylation sites (N-methyl/N-ethyl adjacent to an activating group) is 1. The third-order valence-electron chi connectivity index (χ3n) is 4.46. The molecular formula is C17H24ClFN2O. The summed E-state index contributed by atoms with van der Waals surface area (Å²) in [6, 6.07) is 4.61. The second-order valence-corrected chi connectivity index (χ2v) is 6.54. The molecular weight excluding hydrogens is 303 g/mol. The minimum absolute atomic E-state index is 0.00172. The van der Waals surface area contributed by atoms with Crippen LogP contribution in [0.15, 0.2) is 18.2 Å². The van der Waals surface area contributed by atoms with Crippen molar-refractivity contribution in [2.45, 2.75) is 57.7 Å². The van der Waals surface area contributed by atoms with Gasteiger partial charge in [0.15, 0.2) is 0 Å². The van der Waals surface area contributed by atoms with Crippen molar-refractivity contribution < 1.29 is 9.18 Å². The Morgan fingerprint density at radius 2 is 2.09 bits per heavy atom. The molecule has 0 unspecified atom stereocenters. The summed E-state index contributed by atoms with van der Waals surface area (Å²) in [5.74, 6) is -0.332. The first-order valence-corrected chi connectivity index (χ1v) is 8.30. The molecule has 0 radical (unpaired) electrons. The number of nitrogens with zero attached hydrogens (tertiary/aromatic N) is 1. The van der Waals surface area contributed by atoms with Gasteiger partial charge in [-0.05, 0) is 38.9 Å². The number of carbonyl (C=O) groups is 1. The summed E-state index contributed by atoms with van der Waals surface area (Å²) in [4.78, 5) is 14.2. The maximum absolute atomic E-state index is 13.8. The van der Waals surface area contributed by atoms with E-state index in [-0.39, 0.29) is 23.8 Å². The maximum atomic E-state index is 13.8. The number of halogens is 2. The van der Waals surface area contributed by atoms with Gasteiger partial charge in [0, 0.05) is 23.2 Å². The molecule has 3 nitrogen and oxygen atoms in total. The molecule has 0 bridgehead atoms. The predicted molar refractivity (Wildman–Crippen MR) is 87.4 cm³/mol. The van der Waals surface area contributed by atoms with Crippen LogP contribution in [-0.4, -0.2) is 29.9 Å². The highest BCUT2D eigenvalue weighted by Gasteiger charge is 2.23. The molecule has 22 heavy (non-hydrogen) atoms. The second-order valence-electron chi connectivity index (χ2n) is 6.13. The molecule has 0 saturated heterocycles. The van der Waals surface area contributed by atoms with Gasteiger partial charge >= 0.3 is 0 Å². The van der Waals surface area contributed by atoms with Gasteiger partial charge in [-0.25, -0.2) is 4.39 Å². The lowest BCUT2D eigenvalue weighted by Gasteiger charge is -2.28. The molecule has 0 aliphatic heterocycles. The molecule has 1 aromatic carbocycles. The largest absolute Gasteiger partial charge is 0.352 e. The van der Waals surface area contributed by atoms with Crippen molar-refractivity contribution in [3.63, 3.8) is 0 Å².